The smallest absolute Gasteiger partial charge is 0.236 e. The lowest BCUT2D eigenvalue weighted by molar-refractivity contribution is -0.123. The molecule has 0 aliphatic carbocycles. The number of piperazine rings is 1. The normalized spacial score (nSPS) is 19.8. The van der Waals surface area contributed by atoms with E-state index >= 15 is 0 Å². The minimum Gasteiger partial charge on any atom is -0.494 e. The van der Waals surface area contributed by atoms with Gasteiger partial charge in [0.2, 0.25) is 5.91 Å². The molecule has 1 saturated heterocycles. The highest BCUT2D eigenvalue weighted by molar-refractivity contribution is 5.80. The van der Waals surface area contributed by atoms with E-state index in [4.69, 9.17) is 10.5 Å². The van der Waals surface area contributed by atoms with Gasteiger partial charge in [0, 0.05) is 26.2 Å². The number of ether oxygens (including phenoxy) is 1. The number of rotatable bonds is 6. The Kier molecular flexibility index (Phi) is 5.38. The topological polar surface area (TPSA) is 67.6 Å². The van der Waals surface area contributed by atoms with Crippen LogP contribution in [-0.2, 0) is 4.79 Å². The van der Waals surface area contributed by atoms with Crippen molar-refractivity contribution in [2.45, 2.75) is 19.4 Å². The first-order valence-corrected chi connectivity index (χ1v) is 7.10. The van der Waals surface area contributed by atoms with Crippen LogP contribution in [0.25, 0.3) is 0 Å². The van der Waals surface area contributed by atoms with Gasteiger partial charge in [-0.25, -0.2) is 0 Å². The minimum atomic E-state index is -0.253. The number of benzene rings is 1. The molecule has 1 atom stereocenters. The molecule has 0 aromatic heterocycles. The average Bonchev–Trinajstić information content (AvgIpc) is 2.44. The summed E-state index contributed by atoms with van der Waals surface area (Å²) in [6, 6.07) is 7.83. The summed E-state index contributed by atoms with van der Waals surface area (Å²) in [6.45, 7) is 5.94. The van der Waals surface area contributed by atoms with E-state index in [2.05, 4.69) is 10.2 Å². The molecule has 1 unspecified atom stereocenters. The third kappa shape index (κ3) is 4.21. The van der Waals surface area contributed by atoms with Gasteiger partial charge in [-0.15, -0.1) is 0 Å². The van der Waals surface area contributed by atoms with Gasteiger partial charge in [0.1, 0.15) is 11.8 Å². The summed E-state index contributed by atoms with van der Waals surface area (Å²) in [4.78, 5) is 13.5. The first-order chi connectivity index (χ1) is 9.66. The standard InChI is InChI=1S/C15H23N3O2/c1-12-4-2-5-13(10-12)20-9-3-7-18-8-6-17-11-14(18)15(16)19/h2,4-5,10,14,17H,3,6-9,11H2,1H3,(H2,16,19). The molecule has 0 bridgehead atoms. The van der Waals surface area contributed by atoms with E-state index in [-0.39, 0.29) is 11.9 Å². The molecule has 5 nitrogen and oxygen atoms in total. The zero-order chi connectivity index (χ0) is 14.4. The molecule has 2 rings (SSSR count). The van der Waals surface area contributed by atoms with Crippen LogP contribution in [0.3, 0.4) is 0 Å². The Bertz CT molecular complexity index is 450. The number of carbonyl (C=O) groups is 1. The van der Waals surface area contributed by atoms with Crippen molar-refractivity contribution in [1.82, 2.24) is 10.2 Å². The number of aryl methyl sites for hydroxylation is 1. The lowest BCUT2D eigenvalue weighted by Crippen LogP contribution is -2.57. The number of nitrogens with zero attached hydrogens (tertiary/aromatic N) is 1. The largest absolute Gasteiger partial charge is 0.494 e. The van der Waals surface area contributed by atoms with Gasteiger partial charge in [-0.1, -0.05) is 12.1 Å². The Balaban J connectivity index is 1.73. The molecular weight excluding hydrogens is 254 g/mol. The summed E-state index contributed by atoms with van der Waals surface area (Å²) in [5.74, 6) is 0.647. The maximum atomic E-state index is 11.4. The van der Waals surface area contributed by atoms with Crippen molar-refractivity contribution in [3.8, 4) is 5.75 Å². The zero-order valence-electron chi connectivity index (χ0n) is 12.0. The molecule has 1 fully saturated rings. The van der Waals surface area contributed by atoms with Gasteiger partial charge < -0.3 is 15.8 Å². The molecule has 20 heavy (non-hydrogen) atoms. The van der Waals surface area contributed by atoms with E-state index in [1.807, 2.05) is 31.2 Å². The summed E-state index contributed by atoms with van der Waals surface area (Å²) >= 11 is 0. The Morgan fingerprint density at radius 1 is 1.55 bits per heavy atom. The van der Waals surface area contributed by atoms with E-state index in [1.165, 1.54) is 5.56 Å². The lowest BCUT2D eigenvalue weighted by atomic mass is 10.1. The van der Waals surface area contributed by atoms with E-state index in [9.17, 15) is 4.79 Å². The van der Waals surface area contributed by atoms with Gasteiger partial charge in [-0.3, -0.25) is 9.69 Å². The van der Waals surface area contributed by atoms with Crippen molar-refractivity contribution in [1.29, 1.82) is 0 Å². The van der Waals surface area contributed by atoms with Crippen LogP contribution in [-0.4, -0.2) is 49.6 Å². The number of nitrogens with two attached hydrogens (primary N) is 1. The minimum absolute atomic E-state index is 0.192. The SMILES string of the molecule is Cc1cccc(OCCCN2CCNCC2C(N)=O)c1. The van der Waals surface area contributed by atoms with Gasteiger partial charge in [-0.2, -0.15) is 0 Å². The summed E-state index contributed by atoms with van der Waals surface area (Å²) in [6.07, 6.45) is 0.887. The molecule has 0 spiro atoms. The first kappa shape index (κ1) is 14.8. The van der Waals surface area contributed by atoms with Crippen molar-refractivity contribution >= 4 is 5.91 Å². The summed E-state index contributed by atoms with van der Waals surface area (Å²) in [5.41, 5.74) is 6.61. The van der Waals surface area contributed by atoms with Crippen molar-refractivity contribution < 1.29 is 9.53 Å². The molecule has 1 heterocycles. The molecule has 1 aromatic rings. The molecule has 110 valence electrons. The molecule has 1 aromatic carbocycles. The fourth-order valence-corrected chi connectivity index (χ4v) is 2.46. The third-order valence-electron chi connectivity index (χ3n) is 3.53. The highest BCUT2D eigenvalue weighted by Gasteiger charge is 2.25. The summed E-state index contributed by atoms with van der Waals surface area (Å²) in [5, 5.41) is 3.19. The molecule has 1 amide bonds. The van der Waals surface area contributed by atoms with E-state index in [0.717, 1.165) is 31.8 Å². The van der Waals surface area contributed by atoms with Crippen LogP contribution in [0.2, 0.25) is 0 Å². The van der Waals surface area contributed by atoms with Gasteiger partial charge in [-0.05, 0) is 31.0 Å². The average molecular weight is 277 g/mol. The highest BCUT2D eigenvalue weighted by atomic mass is 16.5. The summed E-state index contributed by atoms with van der Waals surface area (Å²) in [7, 11) is 0. The Morgan fingerprint density at radius 2 is 2.40 bits per heavy atom. The Morgan fingerprint density at radius 3 is 3.15 bits per heavy atom. The number of nitrogens with one attached hydrogen (secondary N) is 1. The van der Waals surface area contributed by atoms with Crippen LogP contribution >= 0.6 is 0 Å². The summed E-state index contributed by atoms with van der Waals surface area (Å²) < 4.78 is 5.72. The van der Waals surface area contributed by atoms with E-state index in [1.54, 1.807) is 0 Å². The number of hydrogen-bond acceptors (Lipinski definition) is 4. The third-order valence-corrected chi connectivity index (χ3v) is 3.53. The fraction of sp³-hybridized carbons (Fsp3) is 0.533. The van der Waals surface area contributed by atoms with Crippen LogP contribution in [0.15, 0.2) is 24.3 Å². The van der Waals surface area contributed by atoms with Crippen LogP contribution in [0.1, 0.15) is 12.0 Å². The highest BCUT2D eigenvalue weighted by Crippen LogP contribution is 2.12. The second kappa shape index (κ2) is 7.26. The number of primary amides is 1. The van der Waals surface area contributed by atoms with E-state index in [0.29, 0.717) is 13.2 Å². The maximum Gasteiger partial charge on any atom is 0.236 e. The van der Waals surface area contributed by atoms with Gasteiger partial charge >= 0.3 is 0 Å². The lowest BCUT2D eigenvalue weighted by Gasteiger charge is -2.34. The van der Waals surface area contributed by atoms with Crippen LogP contribution in [0.5, 0.6) is 5.75 Å². The Labute approximate surface area is 120 Å². The predicted octanol–water partition coefficient (Wildman–Crippen LogP) is 0.523. The molecule has 0 radical (unpaired) electrons. The van der Waals surface area contributed by atoms with Crippen molar-refractivity contribution in [2.75, 3.05) is 32.8 Å². The second-order valence-corrected chi connectivity index (χ2v) is 5.18. The van der Waals surface area contributed by atoms with Crippen LogP contribution < -0.4 is 15.8 Å². The fourth-order valence-electron chi connectivity index (χ4n) is 2.46. The van der Waals surface area contributed by atoms with E-state index < -0.39 is 0 Å². The molecule has 5 heteroatoms. The first-order valence-electron chi connectivity index (χ1n) is 7.10. The Hall–Kier alpha value is -1.59. The van der Waals surface area contributed by atoms with Crippen LogP contribution in [0, 0.1) is 6.92 Å². The molecule has 1 aliphatic heterocycles. The van der Waals surface area contributed by atoms with Crippen molar-refractivity contribution in [2.24, 2.45) is 5.73 Å². The quantitative estimate of drug-likeness (QED) is 0.744. The van der Waals surface area contributed by atoms with Crippen molar-refractivity contribution in [3.63, 3.8) is 0 Å². The molecule has 1 aliphatic rings. The predicted molar refractivity (Wildman–Crippen MR) is 78.7 cm³/mol. The number of carbonyl (C=O) groups excluding carboxylic acids is 1. The molecular formula is C15H23N3O2. The monoisotopic (exact) mass is 277 g/mol. The maximum absolute atomic E-state index is 11.4. The molecule has 3 N–H and O–H groups in total. The zero-order valence-corrected chi connectivity index (χ0v) is 12.0. The van der Waals surface area contributed by atoms with Gasteiger partial charge in [0.25, 0.3) is 0 Å². The number of amides is 1. The molecule has 0 saturated carbocycles. The number of hydrogen-bond donors (Lipinski definition) is 2. The van der Waals surface area contributed by atoms with Crippen LogP contribution in [0.4, 0.5) is 0 Å². The van der Waals surface area contributed by atoms with Gasteiger partial charge in [0.05, 0.1) is 6.61 Å². The van der Waals surface area contributed by atoms with Crippen molar-refractivity contribution in [3.05, 3.63) is 29.8 Å². The second-order valence-electron chi connectivity index (χ2n) is 5.18. The van der Waals surface area contributed by atoms with Gasteiger partial charge in [0.15, 0.2) is 0 Å².